The molecule has 26 heavy (non-hydrogen) atoms. The van der Waals surface area contributed by atoms with Crippen LogP contribution in [0.25, 0.3) is 0 Å². The van der Waals surface area contributed by atoms with Crippen LogP contribution in [0.2, 0.25) is 0 Å². The zero-order valence-corrected chi connectivity index (χ0v) is 15.7. The SMILES string of the molecule is COc1cccc(CCc2ccccc2OC[C@@H](CN(C)C)OC=O)c1. The first-order valence-corrected chi connectivity index (χ1v) is 8.70. The Hall–Kier alpha value is -2.53. The summed E-state index contributed by atoms with van der Waals surface area (Å²) in [7, 11) is 5.54. The van der Waals surface area contributed by atoms with E-state index in [1.54, 1.807) is 7.11 Å². The Kier molecular flexibility index (Phi) is 7.96. The molecule has 0 bridgehead atoms. The van der Waals surface area contributed by atoms with E-state index in [0.717, 1.165) is 29.9 Å². The second kappa shape index (κ2) is 10.5. The second-order valence-corrected chi connectivity index (χ2v) is 6.39. The molecule has 0 amide bonds. The number of hydrogen-bond donors (Lipinski definition) is 0. The highest BCUT2D eigenvalue weighted by atomic mass is 16.6. The van der Waals surface area contributed by atoms with Gasteiger partial charge in [-0.25, -0.2) is 0 Å². The fourth-order valence-corrected chi connectivity index (χ4v) is 2.76. The lowest BCUT2D eigenvalue weighted by Gasteiger charge is -2.20. The summed E-state index contributed by atoms with van der Waals surface area (Å²) >= 11 is 0. The zero-order valence-electron chi connectivity index (χ0n) is 15.7. The molecule has 5 heteroatoms. The van der Waals surface area contributed by atoms with Crippen molar-refractivity contribution >= 4 is 6.47 Å². The van der Waals surface area contributed by atoms with Crippen LogP contribution in [0.15, 0.2) is 48.5 Å². The van der Waals surface area contributed by atoms with Crippen LogP contribution in [0, 0.1) is 0 Å². The molecule has 1 atom stereocenters. The summed E-state index contributed by atoms with van der Waals surface area (Å²) in [5.74, 6) is 1.69. The predicted molar refractivity (Wildman–Crippen MR) is 102 cm³/mol. The number of methoxy groups -OCH3 is 1. The Morgan fingerprint density at radius 2 is 1.88 bits per heavy atom. The van der Waals surface area contributed by atoms with E-state index < -0.39 is 0 Å². The van der Waals surface area contributed by atoms with Crippen molar-refractivity contribution in [1.29, 1.82) is 0 Å². The van der Waals surface area contributed by atoms with Crippen LogP contribution < -0.4 is 9.47 Å². The summed E-state index contributed by atoms with van der Waals surface area (Å²) in [6.07, 6.45) is 1.45. The number of rotatable bonds is 11. The molecule has 0 aromatic heterocycles. The highest BCUT2D eigenvalue weighted by Gasteiger charge is 2.13. The van der Waals surface area contributed by atoms with Gasteiger partial charge in [-0.3, -0.25) is 4.79 Å². The third kappa shape index (κ3) is 6.41. The van der Waals surface area contributed by atoms with E-state index in [2.05, 4.69) is 18.2 Å². The van der Waals surface area contributed by atoms with E-state index in [9.17, 15) is 4.79 Å². The molecule has 0 heterocycles. The Morgan fingerprint density at radius 3 is 2.62 bits per heavy atom. The van der Waals surface area contributed by atoms with Crippen LogP contribution in [-0.2, 0) is 22.4 Å². The van der Waals surface area contributed by atoms with Crippen LogP contribution in [0.3, 0.4) is 0 Å². The number of carbonyl (C=O) groups is 1. The van der Waals surface area contributed by atoms with Gasteiger partial charge >= 0.3 is 0 Å². The predicted octanol–water partition coefficient (Wildman–Crippen LogP) is 2.96. The number of hydrogen-bond acceptors (Lipinski definition) is 5. The Balaban J connectivity index is 1.98. The summed E-state index contributed by atoms with van der Waals surface area (Å²) < 4.78 is 16.3. The van der Waals surface area contributed by atoms with Gasteiger partial charge in [-0.2, -0.15) is 0 Å². The molecule has 5 nitrogen and oxygen atoms in total. The minimum absolute atomic E-state index is 0.297. The van der Waals surface area contributed by atoms with E-state index in [1.807, 2.05) is 49.3 Å². The molecule has 0 unspecified atom stereocenters. The van der Waals surface area contributed by atoms with Crippen molar-refractivity contribution in [2.75, 3.05) is 34.4 Å². The molecule has 0 saturated heterocycles. The summed E-state index contributed by atoms with van der Waals surface area (Å²) in [5.41, 5.74) is 2.35. The highest BCUT2D eigenvalue weighted by molar-refractivity contribution is 5.38. The Labute approximate surface area is 155 Å². The van der Waals surface area contributed by atoms with Gasteiger partial charge in [0.15, 0.2) is 0 Å². The maximum Gasteiger partial charge on any atom is 0.293 e. The van der Waals surface area contributed by atoms with E-state index >= 15 is 0 Å². The minimum Gasteiger partial charge on any atom is -0.497 e. The van der Waals surface area contributed by atoms with Crippen LogP contribution in [0.5, 0.6) is 11.5 Å². The average Bonchev–Trinajstić information content (AvgIpc) is 2.65. The van der Waals surface area contributed by atoms with Crippen LogP contribution >= 0.6 is 0 Å². The van der Waals surface area contributed by atoms with Gasteiger partial charge in [0, 0.05) is 6.54 Å². The Morgan fingerprint density at radius 1 is 1.08 bits per heavy atom. The van der Waals surface area contributed by atoms with Gasteiger partial charge in [-0.05, 0) is 56.3 Å². The van der Waals surface area contributed by atoms with Crippen LogP contribution in [0.1, 0.15) is 11.1 Å². The first kappa shape index (κ1) is 19.8. The molecule has 2 aromatic carbocycles. The van der Waals surface area contributed by atoms with Gasteiger partial charge in [0.25, 0.3) is 6.47 Å². The smallest absolute Gasteiger partial charge is 0.293 e. The van der Waals surface area contributed by atoms with Gasteiger partial charge in [0.05, 0.1) is 7.11 Å². The lowest BCUT2D eigenvalue weighted by molar-refractivity contribution is -0.135. The summed E-state index contributed by atoms with van der Waals surface area (Å²) in [6.45, 7) is 1.42. The van der Waals surface area contributed by atoms with Gasteiger partial charge < -0.3 is 19.1 Å². The van der Waals surface area contributed by atoms with Crippen molar-refractivity contribution in [1.82, 2.24) is 4.90 Å². The zero-order chi connectivity index (χ0) is 18.8. The van der Waals surface area contributed by atoms with Crippen molar-refractivity contribution in [2.45, 2.75) is 18.9 Å². The number of para-hydroxylation sites is 1. The standard InChI is InChI=1S/C21H27NO4/c1-22(2)14-20(26-16-23)15-25-21-10-5-4-8-18(21)12-11-17-7-6-9-19(13-17)24-3/h4-10,13,16,20H,11-12,14-15H2,1-3H3/t20-/m1/s1. The minimum atomic E-state index is -0.297. The lowest BCUT2D eigenvalue weighted by Crippen LogP contribution is -2.33. The van der Waals surface area contributed by atoms with Crippen LogP contribution in [-0.4, -0.2) is 51.8 Å². The fourth-order valence-electron chi connectivity index (χ4n) is 2.76. The van der Waals surface area contributed by atoms with Crippen molar-refractivity contribution in [3.05, 3.63) is 59.7 Å². The van der Waals surface area contributed by atoms with E-state index in [-0.39, 0.29) is 6.10 Å². The van der Waals surface area contributed by atoms with Crippen molar-refractivity contribution in [3.8, 4) is 11.5 Å². The van der Waals surface area contributed by atoms with Crippen molar-refractivity contribution in [2.24, 2.45) is 0 Å². The molecule has 0 aliphatic heterocycles. The van der Waals surface area contributed by atoms with Gasteiger partial charge in [-0.1, -0.05) is 30.3 Å². The lowest BCUT2D eigenvalue weighted by atomic mass is 10.0. The maximum atomic E-state index is 10.7. The third-order valence-electron chi connectivity index (χ3n) is 4.03. The number of aryl methyl sites for hydroxylation is 2. The summed E-state index contributed by atoms with van der Waals surface area (Å²) in [4.78, 5) is 12.6. The Bertz CT molecular complexity index is 687. The monoisotopic (exact) mass is 357 g/mol. The second-order valence-electron chi connectivity index (χ2n) is 6.39. The maximum absolute atomic E-state index is 10.7. The fraction of sp³-hybridized carbons (Fsp3) is 0.381. The largest absolute Gasteiger partial charge is 0.497 e. The summed E-state index contributed by atoms with van der Waals surface area (Å²) in [6, 6.07) is 16.1. The van der Waals surface area contributed by atoms with E-state index in [1.165, 1.54) is 5.56 Å². The molecule has 0 spiro atoms. The topological polar surface area (TPSA) is 48.0 Å². The van der Waals surface area contributed by atoms with Gasteiger partial charge in [0.1, 0.15) is 24.2 Å². The van der Waals surface area contributed by atoms with Gasteiger partial charge in [0.2, 0.25) is 0 Å². The molecule has 0 radical (unpaired) electrons. The van der Waals surface area contributed by atoms with E-state index in [0.29, 0.717) is 19.6 Å². The number of carbonyl (C=O) groups excluding carboxylic acids is 1. The molecule has 2 rings (SSSR count). The van der Waals surface area contributed by atoms with Crippen LogP contribution in [0.4, 0.5) is 0 Å². The normalized spacial score (nSPS) is 11.8. The van der Waals surface area contributed by atoms with E-state index in [4.69, 9.17) is 14.2 Å². The molecular formula is C21H27NO4. The van der Waals surface area contributed by atoms with Crippen molar-refractivity contribution in [3.63, 3.8) is 0 Å². The number of nitrogens with zero attached hydrogens (tertiary/aromatic N) is 1. The molecule has 2 aromatic rings. The molecule has 0 N–H and O–H groups in total. The third-order valence-corrected chi connectivity index (χ3v) is 4.03. The summed E-state index contributed by atoms with van der Waals surface area (Å²) in [5, 5.41) is 0. The molecule has 0 aliphatic rings. The molecular weight excluding hydrogens is 330 g/mol. The first-order valence-electron chi connectivity index (χ1n) is 8.70. The highest BCUT2D eigenvalue weighted by Crippen LogP contribution is 2.21. The molecule has 0 saturated carbocycles. The first-order chi connectivity index (χ1) is 12.6. The quantitative estimate of drug-likeness (QED) is 0.579. The number of likely N-dealkylation sites (N-methyl/N-ethyl adjacent to an activating group) is 1. The molecule has 0 fully saturated rings. The average molecular weight is 357 g/mol. The molecule has 0 aliphatic carbocycles. The van der Waals surface area contributed by atoms with Crippen molar-refractivity contribution < 1.29 is 19.0 Å². The number of ether oxygens (including phenoxy) is 3. The number of benzene rings is 2. The van der Waals surface area contributed by atoms with Gasteiger partial charge in [-0.15, -0.1) is 0 Å². The molecule has 140 valence electrons.